The normalized spacial score (nSPS) is 10.8. The molecule has 0 fully saturated rings. The predicted molar refractivity (Wildman–Crippen MR) is 102 cm³/mol. The second-order valence-electron chi connectivity index (χ2n) is 6.32. The van der Waals surface area contributed by atoms with Crippen molar-refractivity contribution in [1.82, 2.24) is 0 Å². The summed E-state index contributed by atoms with van der Waals surface area (Å²) in [5.74, 6) is 0.138. The summed E-state index contributed by atoms with van der Waals surface area (Å²) in [6.45, 7) is 2.24. The van der Waals surface area contributed by atoms with Crippen molar-refractivity contribution in [1.29, 1.82) is 0 Å². The van der Waals surface area contributed by atoms with Gasteiger partial charge in [0.05, 0.1) is 0 Å². The number of carbonyl (C=O) groups excluding carboxylic acids is 1. The van der Waals surface area contributed by atoms with Gasteiger partial charge in [-0.1, -0.05) is 19.8 Å². The third-order valence-corrected chi connectivity index (χ3v) is 6.77. The van der Waals surface area contributed by atoms with Crippen LogP contribution in [0.4, 0.5) is 5.69 Å². The molecule has 0 unspecified atom stereocenters. The van der Waals surface area contributed by atoms with Crippen molar-refractivity contribution in [2.45, 2.75) is 58.3 Å². The van der Waals surface area contributed by atoms with Crippen molar-refractivity contribution in [3.8, 4) is 0 Å². The molecule has 2 aromatic carbocycles. The van der Waals surface area contributed by atoms with Gasteiger partial charge in [-0.25, -0.2) is 0 Å². The Balaban J connectivity index is 1.65. The van der Waals surface area contributed by atoms with E-state index in [1.165, 1.54) is 39.2 Å². The summed E-state index contributed by atoms with van der Waals surface area (Å²) in [6, 6.07) is 18.9. The molecule has 0 spiro atoms. The standard InChI is InChI=1S/C22H29INO/c1-2-3-4-5-6-7-11-14-22(25)24-21-17-15-20(16-18-21)23-19-12-9-8-10-13-19/h8-10,12-13,15-18H,2-7,11,14H2,1H3,(H,24,25)/q-1. The molecule has 0 aliphatic heterocycles. The molecule has 1 N–H and O–H groups in total. The summed E-state index contributed by atoms with van der Waals surface area (Å²) in [5, 5.41) is 3.02. The van der Waals surface area contributed by atoms with Crippen LogP contribution < -0.4 is 26.5 Å². The van der Waals surface area contributed by atoms with Gasteiger partial charge in [0.1, 0.15) is 0 Å². The quantitative estimate of drug-likeness (QED) is 0.414. The zero-order chi connectivity index (χ0) is 17.7. The van der Waals surface area contributed by atoms with Crippen molar-refractivity contribution in [3.05, 3.63) is 61.7 Å². The van der Waals surface area contributed by atoms with Crippen molar-refractivity contribution in [3.63, 3.8) is 0 Å². The Morgan fingerprint density at radius 1 is 0.800 bits per heavy atom. The molecule has 0 saturated heterocycles. The molecule has 2 nitrogen and oxygen atoms in total. The summed E-state index contributed by atoms with van der Waals surface area (Å²) >= 11 is -0.137. The van der Waals surface area contributed by atoms with E-state index < -0.39 is 0 Å². The topological polar surface area (TPSA) is 29.1 Å². The van der Waals surface area contributed by atoms with E-state index in [1.807, 2.05) is 12.1 Å². The van der Waals surface area contributed by atoms with Crippen LogP contribution >= 0.6 is 0 Å². The SMILES string of the molecule is CCCCCCCCCC(=O)Nc1ccc([I-]c2ccccc2)cc1. The van der Waals surface area contributed by atoms with Crippen LogP contribution in [-0.4, -0.2) is 5.91 Å². The Morgan fingerprint density at radius 2 is 1.40 bits per heavy atom. The fourth-order valence-corrected chi connectivity index (χ4v) is 4.88. The number of carbonyl (C=O) groups is 1. The maximum atomic E-state index is 12.0. The van der Waals surface area contributed by atoms with Gasteiger partial charge in [-0.3, -0.25) is 0 Å². The fourth-order valence-electron chi connectivity index (χ4n) is 2.67. The van der Waals surface area contributed by atoms with Gasteiger partial charge in [0, 0.05) is 0 Å². The van der Waals surface area contributed by atoms with Crippen LogP contribution in [-0.2, 0) is 4.79 Å². The zero-order valence-corrected chi connectivity index (χ0v) is 17.3. The number of nitrogens with one attached hydrogen (secondary N) is 1. The Bertz CT molecular complexity index is 610. The molecule has 0 saturated carbocycles. The number of unbranched alkanes of at least 4 members (excludes halogenated alkanes) is 6. The third-order valence-electron chi connectivity index (χ3n) is 4.09. The molecular weight excluding hydrogens is 421 g/mol. The average molecular weight is 450 g/mol. The number of hydrogen-bond acceptors (Lipinski definition) is 1. The first-order valence-electron chi connectivity index (χ1n) is 9.37. The fraction of sp³-hybridized carbons (Fsp3) is 0.409. The molecule has 0 heterocycles. The predicted octanol–water partition coefficient (Wildman–Crippen LogP) is 2.89. The van der Waals surface area contributed by atoms with E-state index in [2.05, 4.69) is 54.7 Å². The van der Waals surface area contributed by atoms with Gasteiger partial charge in [-0.15, -0.1) is 0 Å². The van der Waals surface area contributed by atoms with Gasteiger partial charge in [-0.05, 0) is 0 Å². The number of benzene rings is 2. The molecule has 2 rings (SSSR count). The van der Waals surface area contributed by atoms with Gasteiger partial charge in [0.15, 0.2) is 0 Å². The molecule has 0 aromatic heterocycles. The van der Waals surface area contributed by atoms with Crippen LogP contribution in [0.3, 0.4) is 0 Å². The molecule has 0 aliphatic carbocycles. The van der Waals surface area contributed by atoms with E-state index in [-0.39, 0.29) is 27.1 Å². The number of amides is 1. The monoisotopic (exact) mass is 450 g/mol. The van der Waals surface area contributed by atoms with Crippen molar-refractivity contribution >= 4 is 11.6 Å². The van der Waals surface area contributed by atoms with Crippen molar-refractivity contribution in [2.24, 2.45) is 0 Å². The van der Waals surface area contributed by atoms with Crippen LogP contribution in [0.2, 0.25) is 0 Å². The Hall–Kier alpha value is -1.36. The van der Waals surface area contributed by atoms with E-state index in [4.69, 9.17) is 0 Å². The van der Waals surface area contributed by atoms with Crippen LogP contribution in [0, 0.1) is 7.14 Å². The number of rotatable bonds is 11. The first kappa shape index (κ1) is 20.0. The summed E-state index contributed by atoms with van der Waals surface area (Å²) in [5.41, 5.74) is 0.911. The molecule has 1 amide bonds. The number of halogens is 1. The van der Waals surface area contributed by atoms with Crippen molar-refractivity contribution in [2.75, 3.05) is 5.32 Å². The second-order valence-corrected chi connectivity index (χ2v) is 9.35. The van der Waals surface area contributed by atoms with Gasteiger partial charge in [0.25, 0.3) is 0 Å². The summed E-state index contributed by atoms with van der Waals surface area (Å²) in [4.78, 5) is 12.0. The Kier molecular flexibility index (Phi) is 9.63. The molecule has 0 radical (unpaired) electrons. The Morgan fingerprint density at radius 3 is 2.08 bits per heavy atom. The molecule has 136 valence electrons. The van der Waals surface area contributed by atoms with Crippen LogP contribution in [0.1, 0.15) is 58.3 Å². The van der Waals surface area contributed by atoms with Crippen molar-refractivity contribution < 1.29 is 26.0 Å². The Labute approximate surface area is 162 Å². The molecule has 2 aromatic rings. The van der Waals surface area contributed by atoms with Gasteiger partial charge < -0.3 is 0 Å². The first-order valence-corrected chi connectivity index (χ1v) is 11.5. The maximum absolute atomic E-state index is 12.0. The van der Waals surface area contributed by atoms with E-state index >= 15 is 0 Å². The second kappa shape index (κ2) is 12.1. The molecular formula is C22H29INO-. The summed E-state index contributed by atoms with van der Waals surface area (Å²) in [7, 11) is 0. The van der Waals surface area contributed by atoms with Crippen LogP contribution in [0.5, 0.6) is 0 Å². The number of anilines is 1. The average Bonchev–Trinajstić information content (AvgIpc) is 2.63. The summed E-state index contributed by atoms with van der Waals surface area (Å²) < 4.78 is 2.78. The summed E-state index contributed by atoms with van der Waals surface area (Å²) in [6.07, 6.45) is 9.31. The first-order chi connectivity index (χ1) is 12.3. The van der Waals surface area contributed by atoms with Gasteiger partial charge in [0.2, 0.25) is 0 Å². The molecule has 3 heteroatoms. The van der Waals surface area contributed by atoms with Crippen LogP contribution in [0.15, 0.2) is 54.6 Å². The zero-order valence-electron chi connectivity index (χ0n) is 15.1. The van der Waals surface area contributed by atoms with Gasteiger partial charge >= 0.3 is 143 Å². The minimum atomic E-state index is -0.137. The van der Waals surface area contributed by atoms with Gasteiger partial charge in [-0.2, -0.15) is 0 Å². The molecule has 25 heavy (non-hydrogen) atoms. The number of hydrogen-bond donors (Lipinski definition) is 1. The van der Waals surface area contributed by atoms with Crippen LogP contribution in [0.25, 0.3) is 0 Å². The van der Waals surface area contributed by atoms with E-state index in [1.54, 1.807) is 0 Å². The molecule has 0 bridgehead atoms. The van der Waals surface area contributed by atoms with E-state index in [0.29, 0.717) is 6.42 Å². The molecule has 0 aliphatic rings. The minimum absolute atomic E-state index is 0.137. The molecule has 0 atom stereocenters. The third kappa shape index (κ3) is 8.52. The van der Waals surface area contributed by atoms with E-state index in [0.717, 1.165) is 18.5 Å². The van der Waals surface area contributed by atoms with E-state index in [9.17, 15) is 4.79 Å².